The van der Waals surface area contributed by atoms with Gasteiger partial charge in [-0.15, -0.1) is 0 Å². The SMILES string of the molecule is CCN1Cc2nc3ccccc3c(Cl)c2C1=O.COC(=O)c1c(CBr)nc2ccccc2c1Cl. The molecule has 4 aromatic rings. The van der Waals surface area contributed by atoms with E-state index >= 15 is 0 Å². The highest BCUT2D eigenvalue weighted by Gasteiger charge is 2.31. The zero-order valence-electron chi connectivity index (χ0n) is 18.4. The molecule has 0 saturated heterocycles. The lowest BCUT2D eigenvalue weighted by molar-refractivity contribution is 0.0599. The predicted molar refractivity (Wildman–Crippen MR) is 138 cm³/mol. The fourth-order valence-electron chi connectivity index (χ4n) is 3.84. The van der Waals surface area contributed by atoms with E-state index < -0.39 is 5.97 Å². The number of carbonyl (C=O) groups excluding carboxylic acids is 2. The molecule has 2 aromatic carbocycles. The van der Waals surface area contributed by atoms with E-state index in [1.807, 2.05) is 55.5 Å². The third-order valence-corrected chi connectivity index (χ3v) is 6.86. The van der Waals surface area contributed by atoms with Crippen LogP contribution in [0.3, 0.4) is 0 Å². The summed E-state index contributed by atoms with van der Waals surface area (Å²) >= 11 is 15.9. The number of hydrogen-bond donors (Lipinski definition) is 0. The highest BCUT2D eigenvalue weighted by atomic mass is 79.9. The molecule has 0 N–H and O–H groups in total. The minimum absolute atomic E-state index is 0.00856. The van der Waals surface area contributed by atoms with Crippen molar-refractivity contribution in [3.63, 3.8) is 0 Å². The van der Waals surface area contributed by atoms with Crippen molar-refractivity contribution in [1.82, 2.24) is 14.9 Å². The zero-order valence-corrected chi connectivity index (χ0v) is 21.5. The number of fused-ring (bicyclic) bond motifs is 3. The molecule has 9 heteroatoms. The van der Waals surface area contributed by atoms with Crippen molar-refractivity contribution in [1.29, 1.82) is 0 Å². The van der Waals surface area contributed by atoms with E-state index in [4.69, 9.17) is 27.9 Å². The summed E-state index contributed by atoms with van der Waals surface area (Å²) in [5.41, 5.74) is 3.89. The zero-order chi connectivity index (χ0) is 24.4. The van der Waals surface area contributed by atoms with Gasteiger partial charge in [0, 0.05) is 22.6 Å². The Balaban J connectivity index is 0.000000161. The molecule has 0 unspecified atom stereocenters. The maximum atomic E-state index is 12.1. The summed E-state index contributed by atoms with van der Waals surface area (Å²) in [6.45, 7) is 3.20. The highest BCUT2D eigenvalue weighted by molar-refractivity contribution is 9.08. The van der Waals surface area contributed by atoms with Gasteiger partial charge in [0.25, 0.3) is 5.91 Å². The lowest BCUT2D eigenvalue weighted by atomic mass is 10.1. The quantitative estimate of drug-likeness (QED) is 0.213. The number of hydrogen-bond acceptors (Lipinski definition) is 5. The molecule has 1 amide bonds. The molecule has 1 aliphatic heterocycles. The van der Waals surface area contributed by atoms with Gasteiger partial charge in [0.15, 0.2) is 0 Å². The van der Waals surface area contributed by atoms with E-state index in [-0.39, 0.29) is 5.91 Å². The molecule has 5 rings (SSSR count). The molecule has 0 aliphatic carbocycles. The minimum atomic E-state index is -0.470. The largest absolute Gasteiger partial charge is 0.465 e. The van der Waals surface area contributed by atoms with Crippen LogP contribution in [0.1, 0.15) is 39.0 Å². The second-order valence-corrected chi connectivity index (χ2v) is 8.79. The normalized spacial score (nSPS) is 12.5. The standard InChI is InChI=1S/C13H11ClN2O.C12H9BrClNO2/c1-2-16-7-10-11(13(16)17)12(14)8-5-3-4-6-9(8)15-10;1-17-12(16)10-9(6-13)15-8-5-3-2-4-7(8)11(10)14/h3-6H,2,7H2,1H3;2-5H,6H2,1H3. The number of para-hydroxylation sites is 2. The molecule has 1 aliphatic rings. The topological polar surface area (TPSA) is 72.4 Å². The average Bonchev–Trinajstić information content (AvgIpc) is 3.19. The van der Waals surface area contributed by atoms with Crippen molar-refractivity contribution < 1.29 is 14.3 Å². The molecule has 0 spiro atoms. The Hall–Kier alpha value is -2.74. The summed E-state index contributed by atoms with van der Waals surface area (Å²) in [6, 6.07) is 15.1. The number of ether oxygens (including phenoxy) is 1. The van der Waals surface area contributed by atoms with Gasteiger partial charge >= 0.3 is 5.97 Å². The van der Waals surface area contributed by atoms with Crippen LogP contribution in [0.5, 0.6) is 0 Å². The fourth-order valence-corrected chi connectivity index (χ4v) is 4.94. The Labute approximate surface area is 215 Å². The number of halogens is 3. The molecule has 6 nitrogen and oxygen atoms in total. The van der Waals surface area contributed by atoms with E-state index in [0.29, 0.717) is 45.3 Å². The number of methoxy groups -OCH3 is 1. The maximum Gasteiger partial charge on any atom is 0.341 e. The van der Waals surface area contributed by atoms with E-state index in [1.165, 1.54) is 7.11 Å². The summed E-state index contributed by atoms with van der Waals surface area (Å²) in [4.78, 5) is 34.4. The smallest absolute Gasteiger partial charge is 0.341 e. The van der Waals surface area contributed by atoms with Crippen LogP contribution < -0.4 is 0 Å². The number of pyridine rings is 2. The van der Waals surface area contributed by atoms with E-state index in [9.17, 15) is 9.59 Å². The first-order valence-electron chi connectivity index (χ1n) is 10.5. The second kappa shape index (κ2) is 10.3. The summed E-state index contributed by atoms with van der Waals surface area (Å²) in [5, 5.41) is 2.96. The molecule has 0 fully saturated rings. The van der Waals surface area contributed by atoms with Gasteiger partial charge in [-0.25, -0.2) is 9.78 Å². The summed E-state index contributed by atoms with van der Waals surface area (Å²) in [7, 11) is 1.33. The number of esters is 1. The molecule has 0 bridgehead atoms. The third-order valence-electron chi connectivity index (χ3n) is 5.55. The number of rotatable bonds is 3. The monoisotopic (exact) mass is 559 g/mol. The molecule has 0 saturated carbocycles. The lowest BCUT2D eigenvalue weighted by Crippen LogP contribution is -2.23. The van der Waals surface area contributed by atoms with Gasteiger partial charge in [-0.05, 0) is 19.1 Å². The minimum Gasteiger partial charge on any atom is -0.465 e. The number of nitrogens with zero attached hydrogens (tertiary/aromatic N) is 3. The van der Waals surface area contributed by atoms with Crippen molar-refractivity contribution in [3.8, 4) is 0 Å². The molecule has 0 atom stereocenters. The van der Waals surface area contributed by atoms with Crippen LogP contribution in [-0.2, 0) is 16.6 Å². The number of aromatic nitrogens is 2. The van der Waals surface area contributed by atoms with E-state index in [1.54, 1.807) is 4.90 Å². The molecule has 2 aromatic heterocycles. The van der Waals surface area contributed by atoms with Crippen LogP contribution in [-0.4, -0.2) is 40.4 Å². The molecular weight excluding hydrogens is 541 g/mol. The molecular formula is C25H20BrCl2N3O3. The van der Waals surface area contributed by atoms with Crippen LogP contribution in [0, 0.1) is 0 Å². The number of benzene rings is 2. The van der Waals surface area contributed by atoms with Gasteiger partial charge < -0.3 is 9.64 Å². The van der Waals surface area contributed by atoms with Gasteiger partial charge in [-0.1, -0.05) is 75.5 Å². The van der Waals surface area contributed by atoms with Crippen molar-refractivity contribution in [3.05, 3.63) is 81.1 Å². The predicted octanol–water partition coefficient (Wildman–Crippen LogP) is 6.43. The molecule has 3 heterocycles. The lowest BCUT2D eigenvalue weighted by Gasteiger charge is -2.10. The van der Waals surface area contributed by atoms with Crippen molar-refractivity contribution in [2.75, 3.05) is 13.7 Å². The third kappa shape index (κ3) is 4.35. The van der Waals surface area contributed by atoms with Crippen LogP contribution in [0.15, 0.2) is 48.5 Å². The first kappa shape index (κ1) is 24.4. The molecule has 34 heavy (non-hydrogen) atoms. The van der Waals surface area contributed by atoms with E-state index in [2.05, 4.69) is 25.9 Å². The first-order valence-corrected chi connectivity index (χ1v) is 12.4. The Morgan fingerprint density at radius 3 is 2.21 bits per heavy atom. The Kier molecular flexibility index (Phi) is 7.36. The van der Waals surface area contributed by atoms with E-state index in [0.717, 1.165) is 27.5 Å². The summed E-state index contributed by atoms with van der Waals surface area (Å²) in [5.74, 6) is -0.478. The highest BCUT2D eigenvalue weighted by Crippen LogP contribution is 2.33. The van der Waals surface area contributed by atoms with Gasteiger partial charge in [0.2, 0.25) is 0 Å². The Morgan fingerprint density at radius 2 is 1.62 bits per heavy atom. The molecule has 174 valence electrons. The van der Waals surface area contributed by atoms with Crippen molar-refractivity contribution in [2.24, 2.45) is 0 Å². The second-order valence-electron chi connectivity index (χ2n) is 7.47. The average molecular weight is 561 g/mol. The number of amides is 1. The Morgan fingerprint density at radius 1 is 1.03 bits per heavy atom. The maximum absolute atomic E-state index is 12.1. The Bertz CT molecular complexity index is 1430. The van der Waals surface area contributed by atoms with Crippen LogP contribution in [0.4, 0.5) is 0 Å². The first-order chi connectivity index (χ1) is 16.4. The van der Waals surface area contributed by atoms with Gasteiger partial charge in [0.05, 0.1) is 51.7 Å². The molecule has 0 radical (unpaired) electrons. The van der Waals surface area contributed by atoms with Gasteiger partial charge in [0.1, 0.15) is 5.56 Å². The summed E-state index contributed by atoms with van der Waals surface area (Å²) in [6.07, 6.45) is 0. The fraction of sp³-hybridized carbons (Fsp3) is 0.200. The number of alkyl halides is 1. The van der Waals surface area contributed by atoms with Gasteiger partial charge in [-0.2, -0.15) is 0 Å². The number of carbonyl (C=O) groups is 2. The van der Waals surface area contributed by atoms with Crippen LogP contribution in [0.25, 0.3) is 21.8 Å². The van der Waals surface area contributed by atoms with Crippen LogP contribution >= 0.6 is 39.1 Å². The van der Waals surface area contributed by atoms with Crippen molar-refractivity contribution in [2.45, 2.75) is 18.8 Å². The summed E-state index contributed by atoms with van der Waals surface area (Å²) < 4.78 is 4.72. The van der Waals surface area contributed by atoms with Gasteiger partial charge in [-0.3, -0.25) is 9.78 Å². The van der Waals surface area contributed by atoms with Crippen molar-refractivity contribution >= 4 is 72.8 Å². The van der Waals surface area contributed by atoms with Crippen LogP contribution in [0.2, 0.25) is 10.0 Å².